The van der Waals surface area contributed by atoms with E-state index in [-0.39, 0.29) is 5.75 Å². The van der Waals surface area contributed by atoms with Crippen LogP contribution in [0.1, 0.15) is 25.3 Å². The number of carbonyl (C=O) groups is 1. The highest BCUT2D eigenvalue weighted by atomic mass is 32.2. The van der Waals surface area contributed by atoms with Crippen LogP contribution in [-0.4, -0.2) is 15.9 Å². The lowest BCUT2D eigenvalue weighted by Gasteiger charge is -2.05. The van der Waals surface area contributed by atoms with E-state index in [9.17, 15) is 9.00 Å². The van der Waals surface area contributed by atoms with Gasteiger partial charge in [-0.05, 0) is 23.6 Å². The van der Waals surface area contributed by atoms with E-state index < -0.39 is 16.7 Å². The topological polar surface area (TPSA) is 60.2 Å². The van der Waals surface area contributed by atoms with E-state index in [0.29, 0.717) is 10.8 Å². The molecule has 1 unspecified atom stereocenters. The second-order valence-electron chi connectivity index (χ2n) is 3.68. The summed E-state index contributed by atoms with van der Waals surface area (Å²) >= 11 is 0. The van der Waals surface area contributed by atoms with Crippen LogP contribution in [0.3, 0.4) is 0 Å². The number of primary amides is 1. The summed E-state index contributed by atoms with van der Waals surface area (Å²) in [7, 11) is -1.31. The van der Waals surface area contributed by atoms with Crippen LogP contribution in [-0.2, 0) is 15.6 Å². The lowest BCUT2D eigenvalue weighted by molar-refractivity contribution is -0.115. The predicted octanol–water partition coefficient (Wildman–Crippen LogP) is 1.40. The minimum absolute atomic E-state index is 0.110. The Labute approximate surface area is 92.1 Å². The van der Waals surface area contributed by atoms with Crippen molar-refractivity contribution in [2.75, 3.05) is 5.75 Å². The lowest BCUT2D eigenvalue weighted by atomic mass is 10.0. The van der Waals surface area contributed by atoms with Gasteiger partial charge < -0.3 is 5.73 Å². The summed E-state index contributed by atoms with van der Waals surface area (Å²) < 4.78 is 11.5. The van der Waals surface area contributed by atoms with E-state index >= 15 is 0 Å². The van der Waals surface area contributed by atoms with E-state index in [1.807, 2.05) is 12.1 Å². The number of hydrogen-bond acceptors (Lipinski definition) is 2. The molecular weight excluding hydrogens is 210 g/mol. The third kappa shape index (κ3) is 3.47. The highest BCUT2D eigenvalue weighted by molar-refractivity contribution is 7.85. The maximum absolute atomic E-state index is 11.5. The summed E-state index contributed by atoms with van der Waals surface area (Å²) in [6, 6.07) is 7.43. The van der Waals surface area contributed by atoms with Crippen molar-refractivity contribution in [1.29, 1.82) is 0 Å². The van der Waals surface area contributed by atoms with Gasteiger partial charge in [-0.2, -0.15) is 0 Å². The molecule has 1 aromatic rings. The summed E-state index contributed by atoms with van der Waals surface area (Å²) in [5, 5.41) is 0. The molecule has 0 fully saturated rings. The average Bonchev–Trinajstić information content (AvgIpc) is 2.17. The van der Waals surface area contributed by atoms with Gasteiger partial charge in [-0.25, -0.2) is 0 Å². The van der Waals surface area contributed by atoms with Crippen molar-refractivity contribution in [1.82, 2.24) is 0 Å². The molecule has 0 aromatic heterocycles. The molecule has 1 atom stereocenters. The third-order valence-electron chi connectivity index (χ3n) is 2.08. The highest BCUT2D eigenvalue weighted by Crippen LogP contribution is 2.16. The van der Waals surface area contributed by atoms with Crippen molar-refractivity contribution in [3.63, 3.8) is 0 Å². The summed E-state index contributed by atoms with van der Waals surface area (Å²) in [5.74, 6) is -0.203. The number of nitrogens with two attached hydrogens (primary N) is 1. The molecule has 1 rings (SSSR count). The fourth-order valence-corrected chi connectivity index (χ4v) is 2.08. The molecule has 82 valence electrons. The summed E-state index contributed by atoms with van der Waals surface area (Å²) in [5.41, 5.74) is 6.17. The van der Waals surface area contributed by atoms with Gasteiger partial charge in [0.25, 0.3) is 0 Å². The van der Waals surface area contributed by atoms with E-state index in [1.54, 1.807) is 12.1 Å². The number of carbonyl (C=O) groups excluding carboxylic acids is 1. The van der Waals surface area contributed by atoms with Crippen LogP contribution in [0, 0.1) is 0 Å². The van der Waals surface area contributed by atoms with E-state index in [1.165, 1.54) is 5.56 Å². The second-order valence-corrected chi connectivity index (χ2v) is 5.13. The van der Waals surface area contributed by atoms with Gasteiger partial charge in [0, 0.05) is 4.90 Å². The quantitative estimate of drug-likeness (QED) is 0.842. The van der Waals surface area contributed by atoms with E-state index in [4.69, 9.17) is 5.73 Å². The van der Waals surface area contributed by atoms with Gasteiger partial charge in [0.15, 0.2) is 0 Å². The Morgan fingerprint density at radius 1 is 1.33 bits per heavy atom. The van der Waals surface area contributed by atoms with Gasteiger partial charge in [0.1, 0.15) is 5.75 Å². The summed E-state index contributed by atoms with van der Waals surface area (Å²) in [6.07, 6.45) is 0. The first-order valence-electron chi connectivity index (χ1n) is 4.77. The van der Waals surface area contributed by atoms with Gasteiger partial charge in [-0.15, -0.1) is 0 Å². The molecule has 1 amide bonds. The fraction of sp³-hybridized carbons (Fsp3) is 0.364. The first kappa shape index (κ1) is 11.9. The molecule has 0 aliphatic rings. The molecular formula is C11H15NO2S. The van der Waals surface area contributed by atoms with Gasteiger partial charge >= 0.3 is 0 Å². The largest absolute Gasteiger partial charge is 0.369 e. The maximum Gasteiger partial charge on any atom is 0.230 e. The Bertz CT molecular complexity index is 371. The number of rotatable bonds is 4. The molecule has 0 heterocycles. The maximum atomic E-state index is 11.5. The number of hydrogen-bond donors (Lipinski definition) is 1. The fourth-order valence-electron chi connectivity index (χ4n) is 1.22. The van der Waals surface area contributed by atoms with Crippen molar-refractivity contribution in [2.45, 2.75) is 24.7 Å². The van der Waals surface area contributed by atoms with Crippen LogP contribution < -0.4 is 5.73 Å². The lowest BCUT2D eigenvalue weighted by Crippen LogP contribution is -2.19. The van der Waals surface area contributed by atoms with Gasteiger partial charge in [0.2, 0.25) is 5.91 Å². The number of benzene rings is 1. The molecule has 0 spiro atoms. The Morgan fingerprint density at radius 2 is 1.87 bits per heavy atom. The normalized spacial score (nSPS) is 12.7. The van der Waals surface area contributed by atoms with Crippen LogP contribution in [0.25, 0.3) is 0 Å². The van der Waals surface area contributed by atoms with Crippen LogP contribution in [0.4, 0.5) is 0 Å². The standard InChI is InChI=1S/C11H15NO2S/c1-8(2)9-3-5-10(6-4-9)15(14)7-11(12)13/h3-6,8H,7H2,1-2H3,(H2,12,13). The van der Waals surface area contributed by atoms with Crippen molar-refractivity contribution < 1.29 is 9.00 Å². The Morgan fingerprint density at radius 3 is 2.27 bits per heavy atom. The van der Waals surface area contributed by atoms with Crippen LogP contribution in [0.2, 0.25) is 0 Å². The van der Waals surface area contributed by atoms with E-state index in [0.717, 1.165) is 0 Å². The van der Waals surface area contributed by atoms with Gasteiger partial charge in [0.05, 0.1) is 10.8 Å². The molecule has 0 aliphatic heterocycles. The second kappa shape index (κ2) is 5.07. The molecule has 0 radical (unpaired) electrons. The predicted molar refractivity (Wildman–Crippen MR) is 61.0 cm³/mol. The molecule has 0 bridgehead atoms. The van der Waals surface area contributed by atoms with Crippen LogP contribution in [0.15, 0.2) is 29.2 Å². The van der Waals surface area contributed by atoms with Crippen molar-refractivity contribution >= 4 is 16.7 Å². The smallest absolute Gasteiger partial charge is 0.230 e. The summed E-state index contributed by atoms with van der Waals surface area (Å²) in [6.45, 7) is 4.19. The zero-order valence-electron chi connectivity index (χ0n) is 8.90. The zero-order chi connectivity index (χ0) is 11.4. The zero-order valence-corrected chi connectivity index (χ0v) is 9.71. The molecule has 0 saturated heterocycles. The molecule has 2 N–H and O–H groups in total. The number of amides is 1. The van der Waals surface area contributed by atoms with Crippen molar-refractivity contribution in [3.8, 4) is 0 Å². The minimum Gasteiger partial charge on any atom is -0.369 e. The molecule has 0 aliphatic carbocycles. The van der Waals surface area contributed by atoms with Crippen molar-refractivity contribution in [3.05, 3.63) is 29.8 Å². The Balaban J connectivity index is 2.80. The molecule has 1 aromatic carbocycles. The van der Waals surface area contributed by atoms with Crippen molar-refractivity contribution in [2.24, 2.45) is 5.73 Å². The average molecular weight is 225 g/mol. The molecule has 4 heteroatoms. The Hall–Kier alpha value is -1.16. The molecule has 0 saturated carbocycles. The minimum atomic E-state index is -1.31. The monoisotopic (exact) mass is 225 g/mol. The molecule has 15 heavy (non-hydrogen) atoms. The van der Waals surface area contributed by atoms with Gasteiger partial charge in [-0.3, -0.25) is 9.00 Å². The Kier molecular flexibility index (Phi) is 4.03. The third-order valence-corrected chi connectivity index (χ3v) is 3.43. The summed E-state index contributed by atoms with van der Waals surface area (Å²) in [4.78, 5) is 11.2. The van der Waals surface area contributed by atoms with Gasteiger partial charge in [-0.1, -0.05) is 26.0 Å². The SMILES string of the molecule is CC(C)c1ccc(S(=O)CC(N)=O)cc1. The first-order valence-corrected chi connectivity index (χ1v) is 6.09. The van der Waals surface area contributed by atoms with Crippen LogP contribution in [0.5, 0.6) is 0 Å². The highest BCUT2D eigenvalue weighted by Gasteiger charge is 2.07. The van der Waals surface area contributed by atoms with Crippen LogP contribution >= 0.6 is 0 Å². The van der Waals surface area contributed by atoms with E-state index in [2.05, 4.69) is 13.8 Å². The molecule has 3 nitrogen and oxygen atoms in total. The first-order chi connectivity index (χ1) is 7.00.